The summed E-state index contributed by atoms with van der Waals surface area (Å²) in [6.07, 6.45) is 0.117. The van der Waals surface area contributed by atoms with Gasteiger partial charge in [-0.25, -0.2) is 0 Å². The Bertz CT molecular complexity index is 339. The smallest absolute Gasteiger partial charge is 0.0928 e. The molecule has 0 saturated carbocycles. The van der Waals surface area contributed by atoms with Crippen LogP contribution < -0.4 is 5.32 Å². The van der Waals surface area contributed by atoms with Gasteiger partial charge in [-0.2, -0.15) is 0 Å². The van der Waals surface area contributed by atoms with E-state index in [0.717, 1.165) is 13.1 Å². The molecule has 17 heavy (non-hydrogen) atoms. The van der Waals surface area contributed by atoms with Crippen molar-refractivity contribution >= 4 is 0 Å². The third kappa shape index (κ3) is 4.86. The van der Waals surface area contributed by atoms with Crippen LogP contribution in [0.4, 0.5) is 0 Å². The third-order valence-corrected chi connectivity index (χ3v) is 2.96. The molecule has 0 aliphatic heterocycles. The van der Waals surface area contributed by atoms with Crippen LogP contribution >= 0.6 is 0 Å². The first-order valence-corrected chi connectivity index (χ1v) is 5.96. The monoisotopic (exact) mass is 237 g/mol. The second kappa shape index (κ2) is 7.43. The summed E-state index contributed by atoms with van der Waals surface area (Å²) in [5.41, 5.74) is 3.98. The summed E-state index contributed by atoms with van der Waals surface area (Å²) >= 11 is 0. The molecule has 0 radical (unpaired) electrons. The van der Waals surface area contributed by atoms with Crippen LogP contribution in [0.3, 0.4) is 0 Å². The van der Waals surface area contributed by atoms with E-state index in [1.54, 1.807) is 14.2 Å². The Hall–Kier alpha value is -0.900. The molecule has 1 rings (SSSR count). The van der Waals surface area contributed by atoms with Gasteiger partial charge in [0.25, 0.3) is 0 Å². The zero-order chi connectivity index (χ0) is 12.7. The largest absolute Gasteiger partial charge is 0.382 e. The molecule has 0 aromatic heterocycles. The lowest BCUT2D eigenvalue weighted by Crippen LogP contribution is -2.31. The Balaban J connectivity index is 2.37. The number of benzene rings is 1. The number of ether oxygens (including phenoxy) is 2. The number of nitrogens with one attached hydrogen (secondary N) is 1. The molecule has 1 atom stereocenters. The van der Waals surface area contributed by atoms with Crippen molar-refractivity contribution in [1.82, 2.24) is 5.32 Å². The third-order valence-electron chi connectivity index (χ3n) is 2.96. The van der Waals surface area contributed by atoms with Gasteiger partial charge in [0.05, 0.1) is 12.7 Å². The molecule has 0 aliphatic rings. The zero-order valence-corrected chi connectivity index (χ0v) is 11.2. The summed E-state index contributed by atoms with van der Waals surface area (Å²) in [6, 6.07) is 6.54. The number of hydrogen-bond donors (Lipinski definition) is 1. The van der Waals surface area contributed by atoms with Gasteiger partial charge in [0.1, 0.15) is 0 Å². The quantitative estimate of drug-likeness (QED) is 0.787. The van der Waals surface area contributed by atoms with E-state index < -0.39 is 0 Å². The van der Waals surface area contributed by atoms with Crippen LogP contribution in [0.15, 0.2) is 18.2 Å². The Morgan fingerprint density at radius 2 is 1.94 bits per heavy atom. The molecule has 0 amide bonds. The van der Waals surface area contributed by atoms with Crippen molar-refractivity contribution in [3.8, 4) is 0 Å². The highest BCUT2D eigenvalue weighted by Gasteiger charge is 2.05. The number of aryl methyl sites for hydroxylation is 2. The lowest BCUT2D eigenvalue weighted by molar-refractivity contribution is 0.0288. The summed E-state index contributed by atoms with van der Waals surface area (Å²) in [5.74, 6) is 0. The topological polar surface area (TPSA) is 30.5 Å². The van der Waals surface area contributed by atoms with Gasteiger partial charge in [0, 0.05) is 27.3 Å². The molecule has 0 heterocycles. The lowest BCUT2D eigenvalue weighted by Gasteiger charge is -2.15. The van der Waals surface area contributed by atoms with Crippen LogP contribution in [0.1, 0.15) is 16.7 Å². The van der Waals surface area contributed by atoms with E-state index in [4.69, 9.17) is 9.47 Å². The average Bonchev–Trinajstić information content (AvgIpc) is 2.32. The fourth-order valence-corrected chi connectivity index (χ4v) is 1.69. The van der Waals surface area contributed by atoms with Gasteiger partial charge in [0.2, 0.25) is 0 Å². The van der Waals surface area contributed by atoms with Crippen molar-refractivity contribution in [2.45, 2.75) is 26.5 Å². The highest BCUT2D eigenvalue weighted by atomic mass is 16.5. The standard InChI is InChI=1S/C14H23NO2/c1-11-5-6-13(7-12(11)2)8-15-9-14(17-4)10-16-3/h5-7,14-15H,8-10H2,1-4H3. The van der Waals surface area contributed by atoms with E-state index in [1.807, 2.05) is 0 Å². The predicted molar refractivity (Wildman–Crippen MR) is 70.3 cm³/mol. The molecule has 0 saturated heterocycles. The number of methoxy groups -OCH3 is 2. The molecule has 0 bridgehead atoms. The second-order valence-corrected chi connectivity index (χ2v) is 4.36. The van der Waals surface area contributed by atoms with Crippen molar-refractivity contribution in [1.29, 1.82) is 0 Å². The van der Waals surface area contributed by atoms with E-state index >= 15 is 0 Å². The molecule has 0 aliphatic carbocycles. The minimum Gasteiger partial charge on any atom is -0.382 e. The van der Waals surface area contributed by atoms with Crippen LogP contribution in [0.25, 0.3) is 0 Å². The molecule has 0 spiro atoms. The Morgan fingerprint density at radius 1 is 1.18 bits per heavy atom. The molecular weight excluding hydrogens is 214 g/mol. The maximum Gasteiger partial charge on any atom is 0.0928 e. The Morgan fingerprint density at radius 3 is 2.53 bits per heavy atom. The second-order valence-electron chi connectivity index (χ2n) is 4.36. The molecule has 0 fully saturated rings. The molecule has 3 nitrogen and oxygen atoms in total. The van der Waals surface area contributed by atoms with Crippen LogP contribution in [0, 0.1) is 13.8 Å². The molecule has 1 N–H and O–H groups in total. The van der Waals surface area contributed by atoms with Crippen molar-refractivity contribution < 1.29 is 9.47 Å². The van der Waals surface area contributed by atoms with Gasteiger partial charge in [0.15, 0.2) is 0 Å². The van der Waals surface area contributed by atoms with Crippen molar-refractivity contribution in [2.75, 3.05) is 27.4 Å². The zero-order valence-electron chi connectivity index (χ0n) is 11.2. The summed E-state index contributed by atoms with van der Waals surface area (Å²) in [6.45, 7) is 6.56. The fourth-order valence-electron chi connectivity index (χ4n) is 1.69. The Labute approximate surface area is 104 Å². The van der Waals surface area contributed by atoms with Crippen LogP contribution in [0.5, 0.6) is 0 Å². The molecular formula is C14H23NO2. The summed E-state index contributed by atoms with van der Waals surface area (Å²) in [4.78, 5) is 0. The van der Waals surface area contributed by atoms with Crippen LogP contribution in [-0.4, -0.2) is 33.5 Å². The van der Waals surface area contributed by atoms with Gasteiger partial charge in [-0.05, 0) is 30.5 Å². The van der Waals surface area contributed by atoms with E-state index in [9.17, 15) is 0 Å². The van der Waals surface area contributed by atoms with Crippen molar-refractivity contribution in [3.05, 3.63) is 34.9 Å². The Kier molecular flexibility index (Phi) is 6.19. The average molecular weight is 237 g/mol. The van der Waals surface area contributed by atoms with Crippen molar-refractivity contribution in [2.24, 2.45) is 0 Å². The molecule has 1 unspecified atom stereocenters. The van der Waals surface area contributed by atoms with E-state index in [1.165, 1.54) is 16.7 Å². The van der Waals surface area contributed by atoms with E-state index in [-0.39, 0.29) is 6.10 Å². The van der Waals surface area contributed by atoms with Gasteiger partial charge >= 0.3 is 0 Å². The SMILES string of the molecule is COCC(CNCc1ccc(C)c(C)c1)OC. The fraction of sp³-hybridized carbons (Fsp3) is 0.571. The molecule has 1 aromatic rings. The summed E-state index contributed by atoms with van der Waals surface area (Å²) < 4.78 is 10.4. The maximum atomic E-state index is 5.28. The summed E-state index contributed by atoms with van der Waals surface area (Å²) in [5, 5.41) is 3.38. The number of rotatable bonds is 7. The minimum atomic E-state index is 0.117. The predicted octanol–water partition coefficient (Wildman–Crippen LogP) is 2.05. The highest BCUT2D eigenvalue weighted by Crippen LogP contribution is 2.09. The first-order chi connectivity index (χ1) is 8.17. The first-order valence-electron chi connectivity index (χ1n) is 5.96. The normalized spacial score (nSPS) is 12.7. The number of hydrogen-bond acceptors (Lipinski definition) is 3. The molecule has 1 aromatic carbocycles. The minimum absolute atomic E-state index is 0.117. The van der Waals surface area contributed by atoms with E-state index in [0.29, 0.717) is 6.61 Å². The lowest BCUT2D eigenvalue weighted by atomic mass is 10.1. The van der Waals surface area contributed by atoms with Gasteiger partial charge in [-0.3, -0.25) is 0 Å². The van der Waals surface area contributed by atoms with Gasteiger partial charge in [-0.1, -0.05) is 18.2 Å². The van der Waals surface area contributed by atoms with Gasteiger partial charge in [-0.15, -0.1) is 0 Å². The van der Waals surface area contributed by atoms with Crippen molar-refractivity contribution in [3.63, 3.8) is 0 Å². The van der Waals surface area contributed by atoms with E-state index in [2.05, 4.69) is 37.4 Å². The highest BCUT2D eigenvalue weighted by molar-refractivity contribution is 5.29. The molecule has 3 heteroatoms. The van der Waals surface area contributed by atoms with Crippen LogP contribution in [-0.2, 0) is 16.0 Å². The summed E-state index contributed by atoms with van der Waals surface area (Å²) in [7, 11) is 3.40. The maximum absolute atomic E-state index is 5.28. The first kappa shape index (κ1) is 14.2. The molecule has 96 valence electrons. The van der Waals surface area contributed by atoms with Crippen LogP contribution in [0.2, 0.25) is 0 Å². The van der Waals surface area contributed by atoms with Gasteiger partial charge < -0.3 is 14.8 Å².